The van der Waals surface area contributed by atoms with Crippen molar-refractivity contribution in [3.63, 3.8) is 0 Å². The number of carbonyl (C=O) groups is 3. The molecule has 3 rings (SSSR count). The number of rotatable bonds is 10. The minimum atomic E-state index is -4.82. The molecule has 2 aromatic carbocycles. The summed E-state index contributed by atoms with van der Waals surface area (Å²) >= 11 is 0. The van der Waals surface area contributed by atoms with Crippen molar-refractivity contribution in [2.45, 2.75) is 50.8 Å². The molecule has 1 aliphatic rings. The predicted octanol–water partition coefficient (Wildman–Crippen LogP) is 3.95. The highest BCUT2D eigenvalue weighted by Crippen LogP contribution is 2.33. The molecule has 0 bridgehead atoms. The van der Waals surface area contributed by atoms with Gasteiger partial charge in [0.05, 0.1) is 18.0 Å². The van der Waals surface area contributed by atoms with Crippen molar-refractivity contribution >= 4 is 29.1 Å². The van der Waals surface area contributed by atoms with Crippen LogP contribution in [0.15, 0.2) is 47.5 Å². The van der Waals surface area contributed by atoms with Gasteiger partial charge in [0.1, 0.15) is 5.82 Å². The van der Waals surface area contributed by atoms with Crippen LogP contribution in [0, 0.1) is 17.7 Å². The Balaban J connectivity index is 2.04. The van der Waals surface area contributed by atoms with Crippen LogP contribution in [0.2, 0.25) is 0 Å². The van der Waals surface area contributed by atoms with Gasteiger partial charge in [0, 0.05) is 41.4 Å². The fraction of sp³-hybridized carbons (Fsp3) is 0.385. The highest BCUT2D eigenvalue weighted by atomic mass is 19.4. The van der Waals surface area contributed by atoms with Crippen LogP contribution in [0.5, 0.6) is 0 Å². The number of fused-ring (bicyclic) bond motifs is 1. The molecule has 41 heavy (non-hydrogen) atoms. The number of carbonyl (C=O) groups excluding carboxylic acids is 3. The van der Waals surface area contributed by atoms with E-state index in [-0.39, 0.29) is 28.1 Å². The monoisotopic (exact) mass is 590 g/mol. The minimum Gasteiger partial charge on any atom is -0.392 e. The first-order valence-corrected chi connectivity index (χ1v) is 12.2. The van der Waals surface area contributed by atoms with Gasteiger partial charge in [-0.2, -0.15) is 26.3 Å². The number of aliphatic imine (C=N–C) groups is 1. The predicted molar refractivity (Wildman–Crippen MR) is 132 cm³/mol. The van der Waals surface area contributed by atoms with Crippen LogP contribution in [-0.4, -0.2) is 47.1 Å². The van der Waals surface area contributed by atoms with Crippen molar-refractivity contribution in [1.29, 1.82) is 0 Å². The standard InChI is InChI=1S/C26H25F7N4O4/c27-15-5-1-3-13(11-15)19-18-6-2-4-14(12-38)20(18)36-24(41)22(35-19)37-23(40)17(8-10-26(31,32)33)16(21(34)39)7-9-25(28,29)30/h1-6,11,16-17,22,38H,7-10,12H2,(H2,34,39)(H,36,41)(H,37,40)/t16?,17?,22-/m1/s1. The van der Waals surface area contributed by atoms with Gasteiger partial charge in [-0.1, -0.05) is 30.3 Å². The molecule has 3 atom stereocenters. The fourth-order valence-electron chi connectivity index (χ4n) is 4.43. The Morgan fingerprint density at radius 3 is 2.17 bits per heavy atom. The molecule has 2 unspecified atom stereocenters. The van der Waals surface area contributed by atoms with Crippen LogP contribution in [0.3, 0.4) is 0 Å². The zero-order valence-electron chi connectivity index (χ0n) is 21.2. The number of nitrogens with two attached hydrogens (primary N) is 1. The third kappa shape index (κ3) is 8.49. The summed E-state index contributed by atoms with van der Waals surface area (Å²) in [6.45, 7) is -0.546. The molecular formula is C26H25F7N4O4. The van der Waals surface area contributed by atoms with E-state index in [2.05, 4.69) is 15.6 Å². The van der Waals surface area contributed by atoms with Crippen molar-refractivity contribution < 1.29 is 50.2 Å². The first-order valence-electron chi connectivity index (χ1n) is 12.2. The fourth-order valence-corrected chi connectivity index (χ4v) is 4.43. The number of amides is 3. The van der Waals surface area contributed by atoms with Gasteiger partial charge in [-0.3, -0.25) is 14.4 Å². The first kappa shape index (κ1) is 31.5. The topological polar surface area (TPSA) is 134 Å². The van der Waals surface area contributed by atoms with Crippen LogP contribution in [0.1, 0.15) is 42.4 Å². The Morgan fingerprint density at radius 1 is 1.00 bits per heavy atom. The highest BCUT2D eigenvalue weighted by Gasteiger charge is 2.40. The molecule has 8 nitrogen and oxygen atoms in total. The minimum absolute atomic E-state index is 0.0474. The molecule has 2 aromatic rings. The van der Waals surface area contributed by atoms with Gasteiger partial charge in [-0.25, -0.2) is 9.38 Å². The maximum atomic E-state index is 14.1. The second-order valence-electron chi connectivity index (χ2n) is 9.31. The molecule has 0 saturated heterocycles. The maximum absolute atomic E-state index is 14.1. The third-order valence-electron chi connectivity index (χ3n) is 6.37. The average molecular weight is 590 g/mol. The van der Waals surface area contributed by atoms with Gasteiger partial charge in [0.2, 0.25) is 18.0 Å². The van der Waals surface area contributed by atoms with E-state index in [0.717, 1.165) is 12.1 Å². The lowest BCUT2D eigenvalue weighted by atomic mass is 9.83. The number of hydrogen-bond donors (Lipinski definition) is 4. The van der Waals surface area contributed by atoms with E-state index in [1.54, 1.807) is 0 Å². The number of halogens is 7. The molecule has 0 radical (unpaired) electrons. The normalized spacial score (nSPS) is 17.0. The molecule has 15 heteroatoms. The molecule has 222 valence electrons. The van der Waals surface area contributed by atoms with Gasteiger partial charge in [-0.05, 0) is 25.0 Å². The van der Waals surface area contributed by atoms with E-state index in [1.165, 1.54) is 30.3 Å². The molecule has 0 saturated carbocycles. The highest BCUT2D eigenvalue weighted by molar-refractivity contribution is 6.20. The number of benzene rings is 2. The van der Waals surface area contributed by atoms with E-state index in [9.17, 15) is 50.2 Å². The number of para-hydroxylation sites is 1. The Kier molecular flexibility index (Phi) is 9.73. The summed E-state index contributed by atoms with van der Waals surface area (Å²) in [5.41, 5.74) is 5.77. The maximum Gasteiger partial charge on any atom is 0.389 e. The molecule has 1 aliphatic heterocycles. The van der Waals surface area contributed by atoms with E-state index < -0.39 is 86.2 Å². The van der Waals surface area contributed by atoms with Crippen molar-refractivity contribution in [2.24, 2.45) is 22.6 Å². The van der Waals surface area contributed by atoms with Crippen LogP contribution >= 0.6 is 0 Å². The SMILES string of the molecule is NC(=O)C(CCC(F)(F)F)C(CCC(F)(F)F)C(=O)N[C@H]1N=C(c2cccc(F)c2)c2cccc(CO)c2NC1=O. The first-order chi connectivity index (χ1) is 19.1. The van der Waals surface area contributed by atoms with Crippen molar-refractivity contribution in [1.82, 2.24) is 5.32 Å². The molecule has 0 fully saturated rings. The number of nitrogens with one attached hydrogen (secondary N) is 2. The lowest BCUT2D eigenvalue weighted by Crippen LogP contribution is -2.48. The summed E-state index contributed by atoms with van der Waals surface area (Å²) in [6, 6.07) is 9.41. The van der Waals surface area contributed by atoms with Gasteiger partial charge < -0.3 is 21.5 Å². The number of hydrogen-bond acceptors (Lipinski definition) is 5. The lowest BCUT2D eigenvalue weighted by Gasteiger charge is -2.26. The largest absolute Gasteiger partial charge is 0.392 e. The van der Waals surface area contributed by atoms with Gasteiger partial charge in [-0.15, -0.1) is 0 Å². The molecular weight excluding hydrogens is 565 g/mol. The number of anilines is 1. The number of aliphatic hydroxyl groups excluding tert-OH is 1. The third-order valence-corrected chi connectivity index (χ3v) is 6.37. The van der Waals surface area contributed by atoms with E-state index >= 15 is 0 Å². The molecule has 0 spiro atoms. The van der Waals surface area contributed by atoms with E-state index in [1.807, 2.05) is 0 Å². The Labute approximate surface area is 228 Å². The van der Waals surface area contributed by atoms with Crippen LogP contribution < -0.4 is 16.4 Å². The van der Waals surface area contributed by atoms with Gasteiger partial charge in [0.15, 0.2) is 0 Å². The number of aliphatic hydroxyl groups is 1. The van der Waals surface area contributed by atoms with Crippen molar-refractivity contribution in [2.75, 3.05) is 5.32 Å². The summed E-state index contributed by atoms with van der Waals surface area (Å²) < 4.78 is 91.7. The van der Waals surface area contributed by atoms with Crippen LogP contribution in [0.25, 0.3) is 0 Å². The molecule has 1 heterocycles. The van der Waals surface area contributed by atoms with Crippen molar-refractivity contribution in [3.05, 3.63) is 65.0 Å². The summed E-state index contributed by atoms with van der Waals surface area (Å²) in [5.74, 6) is -8.43. The van der Waals surface area contributed by atoms with Crippen molar-refractivity contribution in [3.8, 4) is 0 Å². The Hall–Kier alpha value is -4.01. The van der Waals surface area contributed by atoms with E-state index in [0.29, 0.717) is 0 Å². The number of primary amides is 1. The average Bonchev–Trinajstić information content (AvgIpc) is 3.00. The smallest absolute Gasteiger partial charge is 0.389 e. The quantitative estimate of drug-likeness (QED) is 0.312. The summed E-state index contributed by atoms with van der Waals surface area (Å²) in [4.78, 5) is 42.6. The molecule has 3 amide bonds. The van der Waals surface area contributed by atoms with Gasteiger partial charge >= 0.3 is 12.4 Å². The molecule has 0 aliphatic carbocycles. The van der Waals surface area contributed by atoms with Crippen LogP contribution in [0.4, 0.5) is 36.4 Å². The van der Waals surface area contributed by atoms with Gasteiger partial charge in [0.25, 0.3) is 5.91 Å². The second-order valence-corrected chi connectivity index (χ2v) is 9.31. The lowest BCUT2D eigenvalue weighted by molar-refractivity contribution is -0.152. The van der Waals surface area contributed by atoms with E-state index in [4.69, 9.17) is 5.73 Å². The molecule has 5 N–H and O–H groups in total. The molecule has 0 aromatic heterocycles. The summed E-state index contributed by atoms with van der Waals surface area (Å²) in [6.07, 6.45) is -16.9. The second kappa shape index (κ2) is 12.7. The zero-order chi connectivity index (χ0) is 30.5. The number of benzodiazepines with no additional fused rings is 1. The summed E-state index contributed by atoms with van der Waals surface area (Å²) in [5, 5.41) is 14.3. The number of nitrogens with zero attached hydrogens (tertiary/aromatic N) is 1. The summed E-state index contributed by atoms with van der Waals surface area (Å²) in [7, 11) is 0. The Bertz CT molecular complexity index is 1330. The number of alkyl halides is 6. The Morgan fingerprint density at radius 2 is 1.61 bits per heavy atom. The zero-order valence-corrected chi connectivity index (χ0v) is 21.2. The van der Waals surface area contributed by atoms with Crippen LogP contribution in [-0.2, 0) is 21.0 Å².